The van der Waals surface area contributed by atoms with Crippen molar-refractivity contribution in [3.63, 3.8) is 0 Å². The van der Waals surface area contributed by atoms with E-state index in [4.69, 9.17) is 0 Å². The molecule has 2 rings (SSSR count). The van der Waals surface area contributed by atoms with E-state index in [1.165, 1.54) is 16.7 Å². The van der Waals surface area contributed by atoms with E-state index in [2.05, 4.69) is 47.6 Å². The molecule has 1 aromatic carbocycles. The van der Waals surface area contributed by atoms with Crippen molar-refractivity contribution in [3.05, 3.63) is 34.9 Å². The Kier molecular flexibility index (Phi) is 5.61. The van der Waals surface area contributed by atoms with Gasteiger partial charge < -0.3 is 10.2 Å². The van der Waals surface area contributed by atoms with Gasteiger partial charge in [-0.2, -0.15) is 0 Å². The summed E-state index contributed by atoms with van der Waals surface area (Å²) in [4.78, 5) is 1.99. The number of hydrogen-bond acceptors (Lipinski definition) is 6. The molecule has 0 bridgehead atoms. The first-order chi connectivity index (χ1) is 10.0. The Hall–Kier alpha value is -1.11. The monoisotopic (exact) mass is 322 g/mol. The van der Waals surface area contributed by atoms with Gasteiger partial charge in [0.2, 0.25) is 5.13 Å². The molecule has 0 spiro atoms. The Bertz CT molecular complexity index is 595. The van der Waals surface area contributed by atoms with Crippen LogP contribution in [0.25, 0.3) is 0 Å². The highest BCUT2D eigenvalue weighted by molar-refractivity contribution is 8.01. The fourth-order valence-corrected chi connectivity index (χ4v) is 4.06. The molecule has 1 aromatic heterocycles. The SMILES string of the molecule is CNC(CSc1nnc(N(C)C)s1)c1ccc(C)cc1C. The smallest absolute Gasteiger partial charge is 0.208 e. The molecule has 0 fully saturated rings. The minimum Gasteiger partial charge on any atom is -0.353 e. The zero-order valence-electron chi connectivity index (χ0n) is 13.2. The summed E-state index contributed by atoms with van der Waals surface area (Å²) in [6.45, 7) is 4.30. The van der Waals surface area contributed by atoms with Crippen molar-refractivity contribution in [3.8, 4) is 0 Å². The van der Waals surface area contributed by atoms with Crippen LogP contribution in [0.15, 0.2) is 22.5 Å². The fourth-order valence-electron chi connectivity index (χ4n) is 2.14. The van der Waals surface area contributed by atoms with Gasteiger partial charge in [-0.1, -0.05) is 46.9 Å². The van der Waals surface area contributed by atoms with E-state index in [1.807, 2.05) is 26.0 Å². The normalized spacial score (nSPS) is 12.4. The van der Waals surface area contributed by atoms with E-state index in [-0.39, 0.29) is 0 Å². The molecule has 114 valence electrons. The molecule has 1 atom stereocenters. The molecule has 6 heteroatoms. The van der Waals surface area contributed by atoms with Gasteiger partial charge in [0.1, 0.15) is 0 Å². The average Bonchev–Trinajstić information content (AvgIpc) is 2.90. The first kappa shape index (κ1) is 16.3. The average molecular weight is 323 g/mol. The zero-order valence-corrected chi connectivity index (χ0v) is 14.8. The summed E-state index contributed by atoms with van der Waals surface area (Å²) >= 11 is 3.39. The van der Waals surface area contributed by atoms with E-state index < -0.39 is 0 Å². The van der Waals surface area contributed by atoms with Gasteiger partial charge in [0, 0.05) is 25.9 Å². The molecule has 2 aromatic rings. The number of aryl methyl sites for hydroxylation is 2. The number of anilines is 1. The molecule has 0 aliphatic rings. The van der Waals surface area contributed by atoms with Gasteiger partial charge in [-0.05, 0) is 32.0 Å². The third-order valence-corrected chi connectivity index (χ3v) is 5.62. The van der Waals surface area contributed by atoms with Crippen LogP contribution in [0.1, 0.15) is 22.7 Å². The maximum atomic E-state index is 4.24. The van der Waals surface area contributed by atoms with Gasteiger partial charge in [0.25, 0.3) is 0 Å². The van der Waals surface area contributed by atoms with Crippen molar-refractivity contribution < 1.29 is 0 Å². The van der Waals surface area contributed by atoms with Crippen molar-refractivity contribution in [1.82, 2.24) is 15.5 Å². The third-order valence-electron chi connectivity index (χ3n) is 3.30. The maximum absolute atomic E-state index is 4.24. The molecule has 0 radical (unpaired) electrons. The topological polar surface area (TPSA) is 41.1 Å². The molecule has 1 N–H and O–H groups in total. The second-order valence-corrected chi connectivity index (χ2v) is 7.48. The van der Waals surface area contributed by atoms with Crippen LogP contribution in [-0.2, 0) is 0 Å². The van der Waals surface area contributed by atoms with Gasteiger partial charge in [-0.3, -0.25) is 0 Å². The highest BCUT2D eigenvalue weighted by Crippen LogP contribution is 2.30. The Morgan fingerprint density at radius 3 is 2.62 bits per heavy atom. The predicted octanol–water partition coefficient (Wildman–Crippen LogP) is 3.27. The van der Waals surface area contributed by atoms with Gasteiger partial charge >= 0.3 is 0 Å². The number of nitrogens with zero attached hydrogens (tertiary/aromatic N) is 3. The number of nitrogens with one attached hydrogen (secondary N) is 1. The number of thioether (sulfide) groups is 1. The van der Waals surface area contributed by atoms with Crippen molar-refractivity contribution in [2.45, 2.75) is 24.2 Å². The lowest BCUT2D eigenvalue weighted by Crippen LogP contribution is -2.19. The van der Waals surface area contributed by atoms with E-state index >= 15 is 0 Å². The zero-order chi connectivity index (χ0) is 15.4. The van der Waals surface area contributed by atoms with Crippen LogP contribution in [-0.4, -0.2) is 37.1 Å². The van der Waals surface area contributed by atoms with Crippen LogP contribution in [0.5, 0.6) is 0 Å². The van der Waals surface area contributed by atoms with Crippen LogP contribution in [0.3, 0.4) is 0 Å². The molecule has 21 heavy (non-hydrogen) atoms. The van der Waals surface area contributed by atoms with Crippen LogP contribution < -0.4 is 10.2 Å². The van der Waals surface area contributed by atoms with Crippen LogP contribution in [0.4, 0.5) is 5.13 Å². The van der Waals surface area contributed by atoms with Crippen molar-refractivity contribution in [1.29, 1.82) is 0 Å². The van der Waals surface area contributed by atoms with Crippen LogP contribution in [0.2, 0.25) is 0 Å². The third kappa shape index (κ3) is 4.18. The Morgan fingerprint density at radius 2 is 2.05 bits per heavy atom. The van der Waals surface area contributed by atoms with Crippen molar-refractivity contribution in [2.24, 2.45) is 0 Å². The highest BCUT2D eigenvalue weighted by Gasteiger charge is 2.14. The Balaban J connectivity index is 2.05. The van der Waals surface area contributed by atoms with Gasteiger partial charge in [-0.25, -0.2) is 0 Å². The van der Waals surface area contributed by atoms with E-state index in [9.17, 15) is 0 Å². The van der Waals surface area contributed by atoms with Crippen LogP contribution in [0, 0.1) is 13.8 Å². The summed E-state index contributed by atoms with van der Waals surface area (Å²) in [6, 6.07) is 6.95. The minimum absolute atomic E-state index is 0.322. The molecule has 0 aliphatic heterocycles. The molecule has 1 unspecified atom stereocenters. The van der Waals surface area contributed by atoms with Gasteiger partial charge in [0.05, 0.1) is 0 Å². The van der Waals surface area contributed by atoms with E-state index in [1.54, 1.807) is 23.1 Å². The lowest BCUT2D eigenvalue weighted by Gasteiger charge is -2.18. The lowest BCUT2D eigenvalue weighted by molar-refractivity contribution is 0.657. The summed E-state index contributed by atoms with van der Waals surface area (Å²) < 4.78 is 1.02. The second-order valence-electron chi connectivity index (χ2n) is 5.26. The number of aromatic nitrogens is 2. The van der Waals surface area contributed by atoms with Gasteiger partial charge in [-0.15, -0.1) is 10.2 Å². The quantitative estimate of drug-likeness (QED) is 0.827. The molecule has 0 saturated heterocycles. The molecule has 0 aliphatic carbocycles. The summed E-state index contributed by atoms with van der Waals surface area (Å²) in [5.74, 6) is 0.947. The van der Waals surface area contributed by atoms with Crippen molar-refractivity contribution in [2.75, 3.05) is 31.8 Å². The summed E-state index contributed by atoms with van der Waals surface area (Å²) in [5.41, 5.74) is 3.99. The molecule has 0 amide bonds. The standard InChI is InChI=1S/C15H22N4S2/c1-10-6-7-12(11(2)8-10)13(16-3)9-20-15-18-17-14(21-15)19(4)5/h6-8,13,16H,9H2,1-5H3. The maximum Gasteiger partial charge on any atom is 0.208 e. The fraction of sp³-hybridized carbons (Fsp3) is 0.467. The first-order valence-electron chi connectivity index (χ1n) is 6.89. The number of rotatable bonds is 6. The van der Waals surface area contributed by atoms with Crippen LogP contribution >= 0.6 is 23.1 Å². The predicted molar refractivity (Wildman–Crippen MR) is 92.7 cm³/mol. The lowest BCUT2D eigenvalue weighted by atomic mass is 10.0. The van der Waals surface area contributed by atoms with E-state index in [0.717, 1.165) is 15.2 Å². The Labute approximate surface area is 135 Å². The minimum atomic E-state index is 0.322. The summed E-state index contributed by atoms with van der Waals surface area (Å²) in [6.07, 6.45) is 0. The largest absolute Gasteiger partial charge is 0.353 e. The molecular formula is C15H22N4S2. The van der Waals surface area contributed by atoms with Crippen molar-refractivity contribution >= 4 is 28.2 Å². The molecule has 1 heterocycles. The summed E-state index contributed by atoms with van der Waals surface area (Å²) in [7, 11) is 5.98. The molecular weight excluding hydrogens is 300 g/mol. The molecule has 0 saturated carbocycles. The first-order valence-corrected chi connectivity index (χ1v) is 8.69. The second kappa shape index (κ2) is 7.24. The summed E-state index contributed by atoms with van der Waals surface area (Å²) in [5, 5.41) is 12.8. The Morgan fingerprint density at radius 1 is 1.29 bits per heavy atom. The van der Waals surface area contributed by atoms with E-state index in [0.29, 0.717) is 6.04 Å². The molecule has 4 nitrogen and oxygen atoms in total. The number of hydrogen-bond donors (Lipinski definition) is 1. The highest BCUT2D eigenvalue weighted by atomic mass is 32.2. The number of benzene rings is 1. The van der Waals surface area contributed by atoms with Gasteiger partial charge in [0.15, 0.2) is 4.34 Å².